The van der Waals surface area contributed by atoms with E-state index < -0.39 is 0 Å². The van der Waals surface area contributed by atoms with Gasteiger partial charge in [-0.3, -0.25) is 9.69 Å². The maximum atomic E-state index is 12.6. The fraction of sp³-hybridized carbons (Fsp3) is 0.524. The van der Waals surface area contributed by atoms with Gasteiger partial charge in [0.25, 0.3) is 0 Å². The highest BCUT2D eigenvalue weighted by molar-refractivity contribution is 7.09. The predicted octanol–water partition coefficient (Wildman–Crippen LogP) is 2.89. The van der Waals surface area contributed by atoms with Crippen molar-refractivity contribution in [2.24, 2.45) is 0 Å². The lowest BCUT2D eigenvalue weighted by Crippen LogP contribution is -2.57. The van der Waals surface area contributed by atoms with E-state index in [1.165, 1.54) is 4.88 Å². The molecule has 1 aromatic heterocycles. The lowest BCUT2D eigenvalue weighted by atomic mass is 9.89. The Hall–Kier alpha value is -1.76. The summed E-state index contributed by atoms with van der Waals surface area (Å²) < 4.78 is 6.24. The van der Waals surface area contributed by atoms with Gasteiger partial charge in [0, 0.05) is 37.6 Å². The summed E-state index contributed by atoms with van der Waals surface area (Å²) in [6.07, 6.45) is 2.34. The van der Waals surface area contributed by atoms with Crippen molar-refractivity contribution in [3.05, 3.63) is 52.0 Å². The van der Waals surface area contributed by atoms with Gasteiger partial charge in [-0.05, 0) is 25.3 Å². The first-order valence-corrected chi connectivity index (χ1v) is 10.6. The molecule has 0 bridgehead atoms. The fourth-order valence-electron chi connectivity index (χ4n) is 4.09. The number of likely N-dealkylation sites (tertiary alicyclic amines) is 1. The van der Waals surface area contributed by atoms with E-state index >= 15 is 0 Å². The molecule has 2 aliphatic heterocycles. The lowest BCUT2D eigenvalue weighted by Gasteiger charge is -2.47. The number of hydrogen-bond acceptors (Lipinski definition) is 5. The molecule has 1 spiro atoms. The van der Waals surface area contributed by atoms with E-state index in [-0.39, 0.29) is 11.5 Å². The van der Waals surface area contributed by atoms with E-state index in [1.54, 1.807) is 11.3 Å². The van der Waals surface area contributed by atoms with Crippen molar-refractivity contribution in [1.82, 2.24) is 14.8 Å². The van der Waals surface area contributed by atoms with Crippen LogP contribution in [0.3, 0.4) is 0 Å². The molecule has 1 aromatic carbocycles. The van der Waals surface area contributed by atoms with Crippen LogP contribution in [0.2, 0.25) is 0 Å². The third-order valence-corrected chi connectivity index (χ3v) is 6.68. The first-order chi connectivity index (χ1) is 13.1. The third-order valence-electron chi connectivity index (χ3n) is 5.77. The third kappa shape index (κ3) is 4.39. The zero-order valence-electron chi connectivity index (χ0n) is 15.9. The minimum atomic E-state index is -0.0969. The van der Waals surface area contributed by atoms with Crippen molar-refractivity contribution in [1.29, 1.82) is 0 Å². The summed E-state index contributed by atoms with van der Waals surface area (Å²) in [6, 6.07) is 10.0. The molecule has 4 rings (SSSR count). The van der Waals surface area contributed by atoms with Crippen molar-refractivity contribution in [2.45, 2.75) is 38.3 Å². The van der Waals surface area contributed by atoms with Gasteiger partial charge in [0.1, 0.15) is 0 Å². The maximum Gasteiger partial charge on any atom is 0.226 e. The number of carbonyl (C=O) groups excluding carboxylic acids is 1. The van der Waals surface area contributed by atoms with Crippen molar-refractivity contribution < 1.29 is 9.53 Å². The summed E-state index contributed by atoms with van der Waals surface area (Å²) in [6.45, 7) is 7.31. The lowest BCUT2D eigenvalue weighted by molar-refractivity contribution is -0.150. The van der Waals surface area contributed by atoms with Crippen molar-refractivity contribution >= 4 is 17.2 Å². The van der Waals surface area contributed by atoms with Crippen LogP contribution in [-0.4, -0.2) is 59.1 Å². The average molecular weight is 386 g/mol. The minimum absolute atomic E-state index is 0.0969. The molecular formula is C21H27N3O2S. The first-order valence-electron chi connectivity index (χ1n) is 9.71. The quantitative estimate of drug-likeness (QED) is 0.812. The normalized spacial score (nSPS) is 20.1. The van der Waals surface area contributed by atoms with Crippen molar-refractivity contribution in [3.8, 4) is 0 Å². The van der Waals surface area contributed by atoms with E-state index in [4.69, 9.17) is 4.74 Å². The molecule has 0 aliphatic carbocycles. The number of morpholine rings is 1. The maximum absolute atomic E-state index is 12.6. The highest BCUT2D eigenvalue weighted by Gasteiger charge is 2.40. The Bertz CT molecular complexity index is 769. The zero-order valence-corrected chi connectivity index (χ0v) is 16.7. The molecule has 0 radical (unpaired) electrons. The van der Waals surface area contributed by atoms with E-state index in [0.717, 1.165) is 63.4 Å². The van der Waals surface area contributed by atoms with Gasteiger partial charge in [-0.15, -0.1) is 11.3 Å². The van der Waals surface area contributed by atoms with Crippen LogP contribution in [0.25, 0.3) is 0 Å². The van der Waals surface area contributed by atoms with Gasteiger partial charge >= 0.3 is 0 Å². The fourth-order valence-corrected chi connectivity index (χ4v) is 4.91. The zero-order chi connectivity index (χ0) is 18.7. The van der Waals surface area contributed by atoms with E-state index in [9.17, 15) is 4.79 Å². The Kier molecular flexibility index (Phi) is 5.57. The number of ether oxygens (including phenoxy) is 1. The number of benzene rings is 1. The summed E-state index contributed by atoms with van der Waals surface area (Å²) >= 11 is 1.74. The molecule has 2 aromatic rings. The predicted molar refractivity (Wildman–Crippen MR) is 107 cm³/mol. The number of aryl methyl sites for hydroxylation is 1. The molecule has 0 atom stereocenters. The standard InChI is InChI=1S/C21H27N3O2S/c1-17-19(27-16-22-17)14-23-11-12-26-21(15-23)7-9-24(10-8-21)20(25)13-18-5-3-2-4-6-18/h2-6,16H,7-15H2,1H3. The number of piperidine rings is 1. The molecule has 144 valence electrons. The smallest absolute Gasteiger partial charge is 0.226 e. The van der Waals surface area contributed by atoms with Crippen LogP contribution in [0.15, 0.2) is 35.8 Å². The van der Waals surface area contributed by atoms with Gasteiger partial charge in [-0.2, -0.15) is 0 Å². The van der Waals surface area contributed by atoms with E-state index in [2.05, 4.69) is 16.8 Å². The number of hydrogen-bond donors (Lipinski definition) is 0. The van der Waals surface area contributed by atoms with Crippen LogP contribution in [0.1, 0.15) is 29.0 Å². The molecule has 5 nitrogen and oxygen atoms in total. The van der Waals surface area contributed by atoms with Crippen LogP contribution >= 0.6 is 11.3 Å². The molecule has 0 N–H and O–H groups in total. The Morgan fingerprint density at radius 3 is 2.70 bits per heavy atom. The minimum Gasteiger partial charge on any atom is -0.372 e. The van der Waals surface area contributed by atoms with Gasteiger partial charge in [0.2, 0.25) is 5.91 Å². The van der Waals surface area contributed by atoms with Crippen LogP contribution in [0.5, 0.6) is 0 Å². The second-order valence-electron chi connectivity index (χ2n) is 7.65. The Labute approximate surface area is 165 Å². The van der Waals surface area contributed by atoms with Crippen molar-refractivity contribution in [2.75, 3.05) is 32.8 Å². The average Bonchev–Trinajstić information content (AvgIpc) is 3.08. The topological polar surface area (TPSA) is 45.7 Å². The number of amides is 1. The molecule has 0 saturated carbocycles. The molecule has 6 heteroatoms. The number of aromatic nitrogens is 1. The molecule has 2 aliphatic rings. The summed E-state index contributed by atoms with van der Waals surface area (Å²) in [5.41, 5.74) is 4.06. The second kappa shape index (κ2) is 8.09. The molecule has 3 heterocycles. The van der Waals surface area contributed by atoms with Crippen molar-refractivity contribution in [3.63, 3.8) is 0 Å². The summed E-state index contributed by atoms with van der Waals surface area (Å²) in [7, 11) is 0. The van der Waals surface area contributed by atoms with Crippen LogP contribution in [0, 0.1) is 6.92 Å². The van der Waals surface area contributed by atoms with E-state index in [0.29, 0.717) is 6.42 Å². The number of nitrogens with zero attached hydrogens (tertiary/aromatic N) is 3. The monoisotopic (exact) mass is 385 g/mol. The first kappa shape index (κ1) is 18.6. The van der Waals surface area contributed by atoms with Crippen LogP contribution in [-0.2, 0) is 22.5 Å². The second-order valence-corrected chi connectivity index (χ2v) is 8.59. The van der Waals surface area contributed by atoms with Gasteiger partial charge < -0.3 is 9.64 Å². The van der Waals surface area contributed by atoms with Crippen LogP contribution in [0.4, 0.5) is 0 Å². The Morgan fingerprint density at radius 2 is 2.00 bits per heavy atom. The largest absolute Gasteiger partial charge is 0.372 e. The SMILES string of the molecule is Cc1ncsc1CN1CCOC2(CCN(C(=O)Cc3ccccc3)CC2)C1. The molecule has 1 amide bonds. The van der Waals surface area contributed by atoms with Gasteiger partial charge in [-0.25, -0.2) is 4.98 Å². The van der Waals surface area contributed by atoms with Gasteiger partial charge in [0.15, 0.2) is 0 Å². The van der Waals surface area contributed by atoms with Gasteiger partial charge in [0.05, 0.1) is 29.8 Å². The number of thiazole rings is 1. The molecule has 0 unspecified atom stereocenters. The summed E-state index contributed by atoms with van der Waals surface area (Å²) in [4.78, 5) is 22.8. The highest BCUT2D eigenvalue weighted by Crippen LogP contribution is 2.31. The van der Waals surface area contributed by atoms with Crippen LogP contribution < -0.4 is 0 Å². The number of rotatable bonds is 4. The highest BCUT2D eigenvalue weighted by atomic mass is 32.1. The summed E-state index contributed by atoms with van der Waals surface area (Å²) in [5, 5.41) is 0. The molecule has 27 heavy (non-hydrogen) atoms. The molecule has 2 saturated heterocycles. The van der Waals surface area contributed by atoms with Gasteiger partial charge in [-0.1, -0.05) is 30.3 Å². The molecular weight excluding hydrogens is 358 g/mol. The molecule has 2 fully saturated rings. The Balaban J connectivity index is 1.32. The Morgan fingerprint density at radius 1 is 1.22 bits per heavy atom. The number of carbonyl (C=O) groups is 1. The summed E-state index contributed by atoms with van der Waals surface area (Å²) in [5.74, 6) is 0.226. The van der Waals surface area contributed by atoms with E-state index in [1.807, 2.05) is 40.7 Å².